The molecule has 1 aromatic heterocycles. The average molecular weight is 561 g/mol. The topological polar surface area (TPSA) is 76.5 Å². The summed E-state index contributed by atoms with van der Waals surface area (Å²) in [6.45, 7) is 2.63. The van der Waals surface area contributed by atoms with E-state index in [2.05, 4.69) is 5.32 Å². The summed E-state index contributed by atoms with van der Waals surface area (Å²) in [6.07, 6.45) is 0. The number of carbonyl (C=O) groups excluding carboxylic acids is 2. The number of nitrogens with one attached hydrogen (secondary N) is 1. The first-order valence-corrected chi connectivity index (χ1v) is 14.1. The predicted octanol–water partition coefficient (Wildman–Crippen LogP) is 5.43. The van der Waals surface area contributed by atoms with Crippen molar-refractivity contribution >= 4 is 41.0 Å². The van der Waals surface area contributed by atoms with E-state index >= 15 is 0 Å². The van der Waals surface area contributed by atoms with Crippen LogP contribution in [0.25, 0.3) is 16.9 Å². The standard InChI is InChI=1S/C30H29ClN4O3S/c1-20-11-13-24(14-12-20)35-30-27(28(33-35)21-7-4-3-5-8-21)29(22-9-6-10-23(31)17-22)39-19-26(37)34(30)18-25(36)32-15-16-38-2/h3-14,17,29H,15-16,18-19H2,1-2H3,(H,32,36). The first-order chi connectivity index (χ1) is 19.0. The number of aromatic nitrogens is 2. The molecule has 1 N–H and O–H groups in total. The van der Waals surface area contributed by atoms with Crippen molar-refractivity contribution in [1.82, 2.24) is 15.1 Å². The number of rotatable bonds is 8. The van der Waals surface area contributed by atoms with Gasteiger partial charge in [0.25, 0.3) is 0 Å². The normalized spacial score (nSPS) is 15.1. The van der Waals surface area contributed by atoms with Crippen LogP contribution in [-0.4, -0.2) is 54.2 Å². The van der Waals surface area contributed by atoms with E-state index < -0.39 is 0 Å². The van der Waals surface area contributed by atoms with Crippen LogP contribution >= 0.6 is 23.4 Å². The highest BCUT2D eigenvalue weighted by atomic mass is 35.5. The van der Waals surface area contributed by atoms with Gasteiger partial charge in [-0.2, -0.15) is 5.10 Å². The molecule has 5 rings (SSSR count). The number of fused-ring (bicyclic) bond motifs is 1. The number of methoxy groups -OCH3 is 1. The summed E-state index contributed by atoms with van der Waals surface area (Å²) in [7, 11) is 1.58. The largest absolute Gasteiger partial charge is 0.383 e. The lowest BCUT2D eigenvalue weighted by Gasteiger charge is -2.23. The molecule has 0 saturated carbocycles. The van der Waals surface area contributed by atoms with Gasteiger partial charge in [-0.1, -0.05) is 71.8 Å². The molecular formula is C30H29ClN4O3S. The highest BCUT2D eigenvalue weighted by molar-refractivity contribution is 8.00. The molecule has 2 amide bonds. The van der Waals surface area contributed by atoms with Gasteiger partial charge in [-0.3, -0.25) is 14.5 Å². The lowest BCUT2D eigenvalue weighted by molar-refractivity contribution is -0.123. The first-order valence-electron chi connectivity index (χ1n) is 12.6. The van der Waals surface area contributed by atoms with E-state index in [1.807, 2.05) is 85.8 Å². The molecule has 7 nitrogen and oxygen atoms in total. The lowest BCUT2D eigenvalue weighted by Crippen LogP contribution is -2.43. The Morgan fingerprint density at radius 2 is 1.87 bits per heavy atom. The van der Waals surface area contributed by atoms with Crippen molar-refractivity contribution in [2.45, 2.75) is 12.2 Å². The summed E-state index contributed by atoms with van der Waals surface area (Å²) in [5.74, 6) is 0.342. The summed E-state index contributed by atoms with van der Waals surface area (Å²) in [5, 5.41) is 8.32. The van der Waals surface area contributed by atoms with Gasteiger partial charge < -0.3 is 10.1 Å². The van der Waals surface area contributed by atoms with E-state index in [4.69, 9.17) is 21.4 Å². The summed E-state index contributed by atoms with van der Waals surface area (Å²) in [6, 6.07) is 25.6. The molecule has 3 aromatic carbocycles. The van der Waals surface area contributed by atoms with Crippen molar-refractivity contribution in [3.05, 3.63) is 101 Å². The molecule has 0 radical (unpaired) electrons. The number of amides is 2. The molecule has 0 saturated heterocycles. The minimum absolute atomic E-state index is 0.135. The number of carbonyl (C=O) groups is 2. The minimum atomic E-state index is -0.268. The molecule has 1 unspecified atom stereocenters. The monoisotopic (exact) mass is 560 g/mol. The molecule has 0 aliphatic carbocycles. The number of halogens is 1. The Hall–Kier alpha value is -3.59. The SMILES string of the molecule is COCCNC(=O)CN1C(=O)CSC(c2cccc(Cl)c2)c2c(-c3ccccc3)nn(-c3ccc(C)cc3)c21. The molecule has 0 spiro atoms. The smallest absolute Gasteiger partial charge is 0.240 e. The van der Waals surface area contributed by atoms with Gasteiger partial charge in [0.1, 0.15) is 12.4 Å². The van der Waals surface area contributed by atoms with Crippen molar-refractivity contribution in [3.8, 4) is 16.9 Å². The molecule has 39 heavy (non-hydrogen) atoms. The molecule has 2 heterocycles. The van der Waals surface area contributed by atoms with Crippen molar-refractivity contribution < 1.29 is 14.3 Å². The zero-order valence-electron chi connectivity index (χ0n) is 21.8. The van der Waals surface area contributed by atoms with Gasteiger partial charge in [-0.05, 0) is 36.8 Å². The lowest BCUT2D eigenvalue weighted by atomic mass is 9.99. The van der Waals surface area contributed by atoms with E-state index in [1.165, 1.54) is 11.8 Å². The second-order valence-corrected chi connectivity index (χ2v) is 10.8. The molecule has 1 aliphatic heterocycles. The molecule has 200 valence electrons. The van der Waals surface area contributed by atoms with Crippen LogP contribution in [0.5, 0.6) is 0 Å². The number of hydrogen-bond acceptors (Lipinski definition) is 5. The van der Waals surface area contributed by atoms with Crippen molar-refractivity contribution in [2.24, 2.45) is 0 Å². The molecule has 4 aromatic rings. The Balaban J connectivity index is 1.75. The molecule has 0 fully saturated rings. The Morgan fingerprint density at radius 3 is 2.59 bits per heavy atom. The third-order valence-corrected chi connectivity index (χ3v) is 7.99. The minimum Gasteiger partial charge on any atom is -0.383 e. The Morgan fingerprint density at radius 1 is 1.10 bits per heavy atom. The third kappa shape index (κ3) is 5.88. The van der Waals surface area contributed by atoms with E-state index in [1.54, 1.807) is 16.7 Å². The second kappa shape index (κ2) is 12.1. The molecular weight excluding hydrogens is 532 g/mol. The van der Waals surface area contributed by atoms with Gasteiger partial charge in [-0.25, -0.2) is 4.68 Å². The van der Waals surface area contributed by atoms with E-state index in [-0.39, 0.29) is 29.4 Å². The summed E-state index contributed by atoms with van der Waals surface area (Å²) in [4.78, 5) is 28.3. The van der Waals surface area contributed by atoms with Gasteiger partial charge >= 0.3 is 0 Å². The fourth-order valence-electron chi connectivity index (χ4n) is 4.62. The van der Waals surface area contributed by atoms with Crippen molar-refractivity contribution in [2.75, 3.05) is 37.5 Å². The van der Waals surface area contributed by atoms with Crippen LogP contribution < -0.4 is 10.2 Å². The Kier molecular flexibility index (Phi) is 8.35. The quantitative estimate of drug-likeness (QED) is 0.291. The average Bonchev–Trinajstić information content (AvgIpc) is 3.26. The first kappa shape index (κ1) is 27.0. The number of thioether (sulfide) groups is 1. The fourth-order valence-corrected chi connectivity index (χ4v) is 6.01. The van der Waals surface area contributed by atoms with Crippen LogP contribution in [0, 0.1) is 6.92 Å². The zero-order chi connectivity index (χ0) is 27.4. The van der Waals surface area contributed by atoms with Gasteiger partial charge in [0.05, 0.1) is 29.0 Å². The number of ether oxygens (including phenoxy) is 1. The van der Waals surface area contributed by atoms with Crippen LogP contribution in [0.3, 0.4) is 0 Å². The zero-order valence-corrected chi connectivity index (χ0v) is 23.3. The van der Waals surface area contributed by atoms with Gasteiger partial charge in [0.15, 0.2) is 0 Å². The Labute approximate surface area is 237 Å². The highest BCUT2D eigenvalue weighted by Gasteiger charge is 2.37. The fraction of sp³-hybridized carbons (Fsp3) is 0.233. The van der Waals surface area contributed by atoms with Gasteiger partial charge in [-0.15, -0.1) is 11.8 Å². The van der Waals surface area contributed by atoms with E-state index in [0.29, 0.717) is 24.0 Å². The predicted molar refractivity (Wildman–Crippen MR) is 157 cm³/mol. The van der Waals surface area contributed by atoms with E-state index in [0.717, 1.165) is 33.6 Å². The van der Waals surface area contributed by atoms with E-state index in [9.17, 15) is 9.59 Å². The number of anilines is 1. The van der Waals surface area contributed by atoms with Crippen LogP contribution in [-0.2, 0) is 14.3 Å². The number of nitrogens with zero attached hydrogens (tertiary/aromatic N) is 3. The third-order valence-electron chi connectivity index (χ3n) is 6.50. The van der Waals surface area contributed by atoms with Crippen LogP contribution in [0.4, 0.5) is 5.82 Å². The second-order valence-electron chi connectivity index (χ2n) is 9.27. The molecule has 1 atom stereocenters. The maximum Gasteiger partial charge on any atom is 0.240 e. The van der Waals surface area contributed by atoms with Gasteiger partial charge in [0.2, 0.25) is 11.8 Å². The summed E-state index contributed by atoms with van der Waals surface area (Å²) >= 11 is 7.93. The maximum atomic E-state index is 13.7. The number of benzene rings is 3. The highest BCUT2D eigenvalue weighted by Crippen LogP contribution is 2.48. The number of aryl methyl sites for hydroxylation is 1. The Bertz CT molecular complexity index is 1470. The van der Waals surface area contributed by atoms with Crippen LogP contribution in [0.1, 0.15) is 21.9 Å². The molecule has 9 heteroatoms. The maximum absolute atomic E-state index is 13.7. The van der Waals surface area contributed by atoms with Crippen LogP contribution in [0.2, 0.25) is 5.02 Å². The van der Waals surface area contributed by atoms with Crippen molar-refractivity contribution in [1.29, 1.82) is 0 Å². The number of hydrogen-bond donors (Lipinski definition) is 1. The van der Waals surface area contributed by atoms with Crippen LogP contribution in [0.15, 0.2) is 78.9 Å². The summed E-state index contributed by atoms with van der Waals surface area (Å²) in [5.41, 5.74) is 5.42. The molecule has 1 aliphatic rings. The van der Waals surface area contributed by atoms with Gasteiger partial charge in [0, 0.05) is 29.8 Å². The summed E-state index contributed by atoms with van der Waals surface area (Å²) < 4.78 is 6.86. The van der Waals surface area contributed by atoms with Crippen molar-refractivity contribution in [3.63, 3.8) is 0 Å². The molecule has 0 bridgehead atoms.